The number of hydrogen-bond donors (Lipinski definition) is 1. The van der Waals surface area contributed by atoms with Gasteiger partial charge in [-0.1, -0.05) is 4.49 Å². The average Bonchev–Trinajstić information content (AvgIpc) is 3.24. The first-order chi connectivity index (χ1) is 12.0. The highest BCUT2D eigenvalue weighted by Crippen LogP contribution is 2.24. The second kappa shape index (κ2) is 7.01. The van der Waals surface area contributed by atoms with Crippen molar-refractivity contribution < 1.29 is 14.1 Å². The molecule has 1 aromatic carbocycles. The minimum atomic E-state index is -0.465. The van der Waals surface area contributed by atoms with Gasteiger partial charge in [0.1, 0.15) is 16.4 Å². The monoisotopic (exact) mass is 357 g/mol. The number of nitro groups is 1. The molecule has 0 unspecified atom stereocenters. The number of aryl methyl sites for hydroxylation is 1. The van der Waals surface area contributed by atoms with Crippen molar-refractivity contribution in [2.45, 2.75) is 6.92 Å². The van der Waals surface area contributed by atoms with Gasteiger partial charge in [0, 0.05) is 17.7 Å². The van der Waals surface area contributed by atoms with Gasteiger partial charge in [-0.05, 0) is 42.7 Å². The molecule has 10 heteroatoms. The fourth-order valence-corrected chi connectivity index (χ4v) is 2.52. The smallest absolute Gasteiger partial charge is 0.285 e. The number of nitrogens with one attached hydrogen (secondary N) is 1. The van der Waals surface area contributed by atoms with Gasteiger partial charge in [-0.15, -0.1) is 5.10 Å². The van der Waals surface area contributed by atoms with Crippen molar-refractivity contribution in [3.63, 3.8) is 0 Å². The summed E-state index contributed by atoms with van der Waals surface area (Å²) in [6.07, 6.45) is 1.36. The van der Waals surface area contributed by atoms with E-state index in [4.69, 9.17) is 4.42 Å². The average molecular weight is 357 g/mol. The number of nitro benzene ring substituents is 1. The summed E-state index contributed by atoms with van der Waals surface area (Å²) in [7, 11) is 0. The normalized spacial score (nSPS) is 10.9. The molecule has 0 radical (unpaired) electrons. The molecule has 1 N–H and O–H groups in total. The van der Waals surface area contributed by atoms with Crippen LogP contribution in [0.1, 0.15) is 21.1 Å². The number of furan rings is 1. The van der Waals surface area contributed by atoms with Crippen LogP contribution < -0.4 is 5.43 Å². The zero-order valence-corrected chi connectivity index (χ0v) is 13.7. The third-order valence-electron chi connectivity index (χ3n) is 3.21. The van der Waals surface area contributed by atoms with Crippen LogP contribution in [0.2, 0.25) is 0 Å². The molecule has 9 nitrogen and oxygen atoms in total. The molecule has 3 rings (SSSR count). The Labute approximate surface area is 145 Å². The molecule has 0 spiro atoms. The van der Waals surface area contributed by atoms with Crippen LogP contribution in [0.5, 0.6) is 0 Å². The Kier molecular flexibility index (Phi) is 4.61. The predicted octanol–water partition coefficient (Wildman–Crippen LogP) is 2.78. The number of amides is 1. The van der Waals surface area contributed by atoms with E-state index >= 15 is 0 Å². The Morgan fingerprint density at radius 1 is 1.32 bits per heavy atom. The highest BCUT2D eigenvalue weighted by molar-refractivity contribution is 7.07. The maximum absolute atomic E-state index is 11.9. The van der Waals surface area contributed by atoms with Crippen molar-refractivity contribution in [2.75, 3.05) is 0 Å². The van der Waals surface area contributed by atoms with Crippen molar-refractivity contribution in [2.24, 2.45) is 5.10 Å². The molecule has 0 bridgehead atoms. The summed E-state index contributed by atoms with van der Waals surface area (Å²) in [5.74, 6) is 0.559. The maximum atomic E-state index is 11.9. The molecule has 0 aliphatic rings. The minimum absolute atomic E-state index is 0.00709. The molecule has 126 valence electrons. The number of rotatable bonds is 5. The fourth-order valence-electron chi connectivity index (χ4n) is 1.97. The van der Waals surface area contributed by atoms with E-state index in [1.165, 1.54) is 18.3 Å². The van der Waals surface area contributed by atoms with Crippen LogP contribution >= 0.6 is 11.5 Å². The SMILES string of the molecule is Cc1nnsc1C(=O)N/N=C/c1ccc(-c2ccc([N+](=O)[O-])cc2)o1. The lowest BCUT2D eigenvalue weighted by molar-refractivity contribution is -0.384. The number of carbonyl (C=O) groups is 1. The lowest BCUT2D eigenvalue weighted by Gasteiger charge is -1.97. The zero-order valence-electron chi connectivity index (χ0n) is 12.9. The molecular formula is C15H11N5O4S. The van der Waals surface area contributed by atoms with E-state index in [-0.39, 0.29) is 5.69 Å². The Bertz CT molecular complexity index is 945. The standard InChI is InChI=1S/C15H11N5O4S/c1-9-14(25-19-17-9)15(21)18-16-8-12-6-7-13(24-12)10-2-4-11(5-3-10)20(22)23/h2-8H,1H3,(H,18,21)/b16-8+. The van der Waals surface area contributed by atoms with Crippen molar-refractivity contribution in [1.29, 1.82) is 0 Å². The van der Waals surface area contributed by atoms with Gasteiger partial charge in [-0.25, -0.2) is 5.43 Å². The highest BCUT2D eigenvalue weighted by atomic mass is 32.1. The Morgan fingerprint density at radius 3 is 2.72 bits per heavy atom. The van der Waals surface area contributed by atoms with Gasteiger partial charge in [0.2, 0.25) is 0 Å². The first kappa shape index (κ1) is 16.5. The number of benzene rings is 1. The van der Waals surface area contributed by atoms with Crippen LogP contribution in [0.4, 0.5) is 5.69 Å². The first-order valence-electron chi connectivity index (χ1n) is 7.01. The van der Waals surface area contributed by atoms with E-state index in [1.807, 2.05) is 0 Å². The van der Waals surface area contributed by atoms with Crippen LogP contribution in [0.3, 0.4) is 0 Å². The van der Waals surface area contributed by atoms with Gasteiger partial charge in [0.25, 0.3) is 11.6 Å². The molecule has 0 saturated carbocycles. The molecule has 0 fully saturated rings. The van der Waals surface area contributed by atoms with Crippen molar-refractivity contribution in [3.05, 3.63) is 62.8 Å². The van der Waals surface area contributed by atoms with Crippen molar-refractivity contribution >= 4 is 29.3 Å². The molecule has 2 heterocycles. The molecule has 25 heavy (non-hydrogen) atoms. The highest BCUT2D eigenvalue weighted by Gasteiger charge is 2.12. The lowest BCUT2D eigenvalue weighted by Crippen LogP contribution is -2.17. The summed E-state index contributed by atoms with van der Waals surface area (Å²) in [5.41, 5.74) is 3.61. The van der Waals surface area contributed by atoms with Crippen LogP contribution in [0.25, 0.3) is 11.3 Å². The lowest BCUT2D eigenvalue weighted by atomic mass is 10.1. The van der Waals surface area contributed by atoms with E-state index in [0.29, 0.717) is 27.7 Å². The molecule has 1 amide bonds. The fraction of sp³-hybridized carbons (Fsp3) is 0.0667. The maximum Gasteiger partial charge on any atom is 0.285 e. The number of hydrazone groups is 1. The Morgan fingerprint density at radius 2 is 2.08 bits per heavy atom. The van der Waals surface area contributed by atoms with Gasteiger partial charge >= 0.3 is 0 Å². The molecule has 0 aliphatic heterocycles. The van der Waals surface area contributed by atoms with E-state index in [9.17, 15) is 14.9 Å². The summed E-state index contributed by atoms with van der Waals surface area (Å²) in [6.45, 7) is 1.69. The van der Waals surface area contributed by atoms with Gasteiger partial charge in [-0.3, -0.25) is 14.9 Å². The van der Waals surface area contributed by atoms with Gasteiger partial charge in [-0.2, -0.15) is 5.10 Å². The molecule has 2 aromatic heterocycles. The summed E-state index contributed by atoms with van der Waals surface area (Å²) in [6, 6.07) is 9.38. The third kappa shape index (κ3) is 3.75. The van der Waals surface area contributed by atoms with Crippen LogP contribution in [0.15, 0.2) is 45.9 Å². The summed E-state index contributed by atoms with van der Waals surface area (Å²) in [4.78, 5) is 22.4. The van der Waals surface area contributed by atoms with E-state index in [2.05, 4.69) is 20.1 Å². The number of non-ortho nitro benzene ring substituents is 1. The quantitative estimate of drug-likeness (QED) is 0.425. The number of nitrogens with zero attached hydrogens (tertiary/aromatic N) is 4. The molecule has 0 aliphatic carbocycles. The second-order valence-electron chi connectivity index (χ2n) is 4.89. The predicted molar refractivity (Wildman–Crippen MR) is 90.5 cm³/mol. The zero-order chi connectivity index (χ0) is 17.8. The van der Waals surface area contributed by atoms with Crippen molar-refractivity contribution in [3.8, 4) is 11.3 Å². The van der Waals surface area contributed by atoms with E-state index in [1.54, 1.807) is 31.2 Å². The second-order valence-corrected chi connectivity index (χ2v) is 5.65. The summed E-state index contributed by atoms with van der Waals surface area (Å²) >= 11 is 0.990. The number of carbonyl (C=O) groups excluding carboxylic acids is 1. The van der Waals surface area contributed by atoms with Gasteiger partial charge < -0.3 is 4.42 Å². The Hall–Kier alpha value is -3.40. The third-order valence-corrected chi connectivity index (χ3v) is 4.03. The van der Waals surface area contributed by atoms with Crippen LogP contribution in [-0.4, -0.2) is 26.6 Å². The topological polar surface area (TPSA) is 124 Å². The van der Waals surface area contributed by atoms with Crippen LogP contribution in [-0.2, 0) is 0 Å². The summed E-state index contributed by atoms with van der Waals surface area (Å²) < 4.78 is 9.26. The Balaban J connectivity index is 1.66. The number of hydrogen-bond acceptors (Lipinski definition) is 8. The van der Waals surface area contributed by atoms with Crippen LogP contribution in [0, 0.1) is 17.0 Å². The molecule has 3 aromatic rings. The minimum Gasteiger partial charge on any atom is -0.455 e. The molecule has 0 saturated heterocycles. The van der Waals surface area contributed by atoms with Gasteiger partial charge in [0.05, 0.1) is 16.8 Å². The number of aromatic nitrogens is 2. The van der Waals surface area contributed by atoms with E-state index in [0.717, 1.165) is 11.5 Å². The molecule has 0 atom stereocenters. The van der Waals surface area contributed by atoms with Crippen molar-refractivity contribution in [1.82, 2.24) is 15.0 Å². The van der Waals surface area contributed by atoms with Gasteiger partial charge in [0.15, 0.2) is 0 Å². The first-order valence-corrected chi connectivity index (χ1v) is 7.79. The molecular weight excluding hydrogens is 346 g/mol. The largest absolute Gasteiger partial charge is 0.455 e. The summed E-state index contributed by atoms with van der Waals surface area (Å²) in [5, 5.41) is 18.2. The van der Waals surface area contributed by atoms with E-state index < -0.39 is 10.8 Å².